The molecule has 1 aliphatic carbocycles. The molecule has 0 bridgehead atoms. The number of nitrogens with zero attached hydrogens (tertiary/aromatic N) is 2. The highest BCUT2D eigenvalue weighted by Crippen LogP contribution is 2.45. The Morgan fingerprint density at radius 1 is 1.45 bits per heavy atom. The van der Waals surface area contributed by atoms with Gasteiger partial charge in [0, 0.05) is 6.20 Å². The molecule has 2 aromatic rings. The molecule has 0 atom stereocenters. The topological polar surface area (TPSA) is 55.1 Å². The van der Waals surface area contributed by atoms with E-state index >= 15 is 0 Å². The molecule has 0 saturated heterocycles. The van der Waals surface area contributed by atoms with Crippen LogP contribution in [0, 0.1) is 6.92 Å². The van der Waals surface area contributed by atoms with Gasteiger partial charge in [0.05, 0.1) is 15.9 Å². The number of carboxylic acids is 1. The van der Waals surface area contributed by atoms with Gasteiger partial charge in [0.1, 0.15) is 5.41 Å². The van der Waals surface area contributed by atoms with Gasteiger partial charge >= 0.3 is 5.97 Å². The molecule has 0 amide bonds. The van der Waals surface area contributed by atoms with Gasteiger partial charge < -0.3 is 5.11 Å². The molecular formula is C15H15BrN2O2. The van der Waals surface area contributed by atoms with E-state index < -0.39 is 11.4 Å². The summed E-state index contributed by atoms with van der Waals surface area (Å²) < 4.78 is 2.51. The van der Waals surface area contributed by atoms with Crippen molar-refractivity contribution >= 4 is 21.9 Å². The van der Waals surface area contributed by atoms with Gasteiger partial charge in [-0.05, 0) is 53.4 Å². The minimum Gasteiger partial charge on any atom is -0.481 e. The number of carbonyl (C=O) groups is 1. The highest BCUT2D eigenvalue weighted by molar-refractivity contribution is 9.10. The summed E-state index contributed by atoms with van der Waals surface area (Å²) in [5, 5.41) is 14.0. The number of hydrogen-bond acceptors (Lipinski definition) is 2. The summed E-state index contributed by atoms with van der Waals surface area (Å²) in [6.07, 6.45) is 4.10. The summed E-state index contributed by atoms with van der Waals surface area (Å²) in [6, 6.07) is 7.98. The lowest BCUT2D eigenvalue weighted by Gasteiger charge is -2.36. The van der Waals surface area contributed by atoms with E-state index in [1.807, 2.05) is 37.4 Å². The maximum atomic E-state index is 11.6. The summed E-state index contributed by atoms with van der Waals surface area (Å²) in [7, 11) is 0. The molecule has 4 nitrogen and oxygen atoms in total. The normalized spacial score (nSPS) is 16.7. The molecule has 0 spiro atoms. The monoisotopic (exact) mass is 334 g/mol. The Bertz CT molecular complexity index is 674. The molecule has 1 aromatic carbocycles. The fourth-order valence-electron chi connectivity index (χ4n) is 2.66. The second-order valence-electron chi connectivity index (χ2n) is 5.35. The van der Waals surface area contributed by atoms with Crippen LogP contribution < -0.4 is 0 Å². The first kappa shape index (κ1) is 13.4. The van der Waals surface area contributed by atoms with Crippen LogP contribution in [0.2, 0.25) is 0 Å². The van der Waals surface area contributed by atoms with Crippen molar-refractivity contribution in [2.75, 3.05) is 0 Å². The molecule has 0 radical (unpaired) electrons. The van der Waals surface area contributed by atoms with Crippen molar-refractivity contribution in [3.05, 3.63) is 46.2 Å². The molecule has 5 heteroatoms. The van der Waals surface area contributed by atoms with E-state index in [9.17, 15) is 9.90 Å². The number of hydrogen-bond donors (Lipinski definition) is 1. The lowest BCUT2D eigenvalue weighted by atomic mass is 9.67. The van der Waals surface area contributed by atoms with E-state index in [1.54, 1.807) is 4.68 Å². The van der Waals surface area contributed by atoms with Crippen LogP contribution in [0.1, 0.15) is 30.5 Å². The number of rotatable bonds is 3. The first-order valence-electron chi connectivity index (χ1n) is 6.59. The molecule has 0 unspecified atom stereocenters. The van der Waals surface area contributed by atoms with Crippen molar-refractivity contribution in [2.24, 2.45) is 0 Å². The molecule has 0 aliphatic heterocycles. The van der Waals surface area contributed by atoms with Crippen LogP contribution in [0.5, 0.6) is 0 Å². The van der Waals surface area contributed by atoms with Crippen LogP contribution in [-0.4, -0.2) is 20.9 Å². The van der Waals surface area contributed by atoms with Gasteiger partial charge in [0.25, 0.3) is 0 Å². The predicted octanol–water partition coefficient (Wildman–Crippen LogP) is 3.45. The molecule has 1 aromatic heterocycles. The van der Waals surface area contributed by atoms with Crippen LogP contribution in [0.3, 0.4) is 0 Å². The lowest BCUT2D eigenvalue weighted by molar-refractivity contribution is -0.147. The Labute approximate surface area is 125 Å². The quantitative estimate of drug-likeness (QED) is 0.935. The van der Waals surface area contributed by atoms with E-state index in [1.165, 1.54) is 0 Å². The van der Waals surface area contributed by atoms with Crippen molar-refractivity contribution in [1.82, 2.24) is 9.78 Å². The fraction of sp³-hybridized carbons (Fsp3) is 0.333. The van der Waals surface area contributed by atoms with Gasteiger partial charge in [-0.1, -0.05) is 18.6 Å². The molecule has 1 heterocycles. The van der Waals surface area contributed by atoms with E-state index in [2.05, 4.69) is 21.0 Å². The summed E-state index contributed by atoms with van der Waals surface area (Å²) in [5.41, 5.74) is 1.91. The number of carboxylic acid groups (broad SMARTS) is 1. The molecule has 1 saturated carbocycles. The van der Waals surface area contributed by atoms with E-state index in [-0.39, 0.29) is 0 Å². The smallest absolute Gasteiger partial charge is 0.315 e. The minimum absolute atomic E-state index is 0.637. The van der Waals surface area contributed by atoms with Gasteiger partial charge in [-0.3, -0.25) is 4.79 Å². The lowest BCUT2D eigenvalue weighted by Crippen LogP contribution is -2.43. The number of halogens is 1. The number of aliphatic carboxylic acids is 1. The minimum atomic E-state index is -0.812. The van der Waals surface area contributed by atoms with Crippen LogP contribution in [-0.2, 0) is 10.2 Å². The van der Waals surface area contributed by atoms with Crippen LogP contribution in [0.15, 0.2) is 34.9 Å². The summed E-state index contributed by atoms with van der Waals surface area (Å²) in [4.78, 5) is 11.6. The van der Waals surface area contributed by atoms with E-state index in [4.69, 9.17) is 0 Å². The van der Waals surface area contributed by atoms with Gasteiger partial charge in [0.2, 0.25) is 0 Å². The van der Waals surface area contributed by atoms with Gasteiger partial charge in [-0.25, -0.2) is 4.68 Å². The van der Waals surface area contributed by atoms with Crippen molar-refractivity contribution in [3.63, 3.8) is 0 Å². The Morgan fingerprint density at radius 2 is 2.20 bits per heavy atom. The van der Waals surface area contributed by atoms with Crippen molar-refractivity contribution in [1.29, 1.82) is 0 Å². The third kappa shape index (κ3) is 1.97. The zero-order chi connectivity index (χ0) is 14.3. The Balaban J connectivity index is 2.06. The first-order chi connectivity index (χ1) is 9.53. The first-order valence-corrected chi connectivity index (χ1v) is 7.38. The largest absolute Gasteiger partial charge is 0.481 e. The summed E-state index contributed by atoms with van der Waals surface area (Å²) in [5.74, 6) is -0.779. The maximum Gasteiger partial charge on any atom is 0.315 e. The van der Waals surface area contributed by atoms with E-state index in [0.717, 1.165) is 22.1 Å². The zero-order valence-corrected chi connectivity index (χ0v) is 12.7. The van der Waals surface area contributed by atoms with Crippen molar-refractivity contribution < 1.29 is 9.90 Å². The zero-order valence-electron chi connectivity index (χ0n) is 11.1. The van der Waals surface area contributed by atoms with Crippen LogP contribution >= 0.6 is 15.9 Å². The van der Waals surface area contributed by atoms with Crippen LogP contribution in [0.4, 0.5) is 0 Å². The van der Waals surface area contributed by atoms with Gasteiger partial charge in [-0.15, -0.1) is 0 Å². The SMILES string of the molecule is Cc1cccc(-n2cc(Br)c(C3(C(=O)O)CCC3)n2)c1. The molecular weight excluding hydrogens is 320 g/mol. The Hall–Kier alpha value is -1.62. The second-order valence-corrected chi connectivity index (χ2v) is 6.20. The Morgan fingerprint density at radius 3 is 2.75 bits per heavy atom. The fourth-order valence-corrected chi connectivity index (χ4v) is 3.31. The average molecular weight is 335 g/mol. The molecule has 1 fully saturated rings. The molecule has 3 rings (SSSR count). The van der Waals surface area contributed by atoms with Gasteiger partial charge in [-0.2, -0.15) is 5.10 Å². The summed E-state index contributed by atoms with van der Waals surface area (Å²) in [6.45, 7) is 2.02. The van der Waals surface area contributed by atoms with Crippen LogP contribution in [0.25, 0.3) is 5.69 Å². The standard InChI is InChI=1S/C15H15BrN2O2/c1-10-4-2-5-11(8-10)18-9-12(16)13(17-18)15(14(19)20)6-3-7-15/h2,4-5,8-9H,3,6-7H2,1H3,(H,19,20). The molecule has 1 aliphatic rings. The highest BCUT2D eigenvalue weighted by atomic mass is 79.9. The number of aromatic nitrogens is 2. The second kappa shape index (κ2) is 4.74. The third-order valence-electron chi connectivity index (χ3n) is 4.01. The average Bonchev–Trinajstić information content (AvgIpc) is 2.70. The van der Waals surface area contributed by atoms with Crippen molar-refractivity contribution in [2.45, 2.75) is 31.6 Å². The molecule has 104 valence electrons. The predicted molar refractivity (Wildman–Crippen MR) is 79.2 cm³/mol. The highest BCUT2D eigenvalue weighted by Gasteiger charge is 2.49. The van der Waals surface area contributed by atoms with Crippen molar-refractivity contribution in [3.8, 4) is 5.69 Å². The third-order valence-corrected chi connectivity index (χ3v) is 4.59. The van der Waals surface area contributed by atoms with E-state index in [0.29, 0.717) is 18.5 Å². The maximum absolute atomic E-state index is 11.6. The molecule has 1 N–H and O–H groups in total. The van der Waals surface area contributed by atoms with Gasteiger partial charge in [0.15, 0.2) is 0 Å². The molecule has 20 heavy (non-hydrogen) atoms. The number of aryl methyl sites for hydroxylation is 1. The summed E-state index contributed by atoms with van der Waals surface area (Å²) >= 11 is 3.47. The number of benzene rings is 1. The Kier molecular flexibility index (Phi) is 3.17.